The van der Waals surface area contributed by atoms with Crippen molar-refractivity contribution in [3.8, 4) is 22.8 Å². The predicted molar refractivity (Wildman–Crippen MR) is 159 cm³/mol. The van der Waals surface area contributed by atoms with Gasteiger partial charge in [-0.15, -0.1) is 10.2 Å². The Morgan fingerprint density at radius 1 is 0.976 bits per heavy atom. The van der Waals surface area contributed by atoms with Crippen LogP contribution in [0.15, 0.2) is 60.7 Å². The third-order valence-corrected chi connectivity index (χ3v) is 7.35. The zero-order valence-electron chi connectivity index (χ0n) is 24.4. The molecule has 10 nitrogen and oxygen atoms in total. The summed E-state index contributed by atoms with van der Waals surface area (Å²) in [6.07, 6.45) is 1.62. The van der Waals surface area contributed by atoms with Gasteiger partial charge < -0.3 is 29.5 Å². The van der Waals surface area contributed by atoms with Crippen molar-refractivity contribution < 1.29 is 19.1 Å². The van der Waals surface area contributed by atoms with E-state index in [1.54, 1.807) is 19.1 Å². The summed E-state index contributed by atoms with van der Waals surface area (Å²) < 4.78 is 10.8. The maximum absolute atomic E-state index is 13.5. The fourth-order valence-corrected chi connectivity index (χ4v) is 4.92. The van der Waals surface area contributed by atoms with E-state index in [0.29, 0.717) is 43.4 Å². The number of benzene rings is 2. The van der Waals surface area contributed by atoms with Gasteiger partial charge in [0.15, 0.2) is 5.82 Å². The number of hydrogen-bond donors (Lipinski definition) is 1. The van der Waals surface area contributed by atoms with E-state index in [1.807, 2.05) is 79.4 Å². The molecule has 1 N–H and O–H groups in total. The molecule has 1 aromatic heterocycles. The highest BCUT2D eigenvalue weighted by atomic mass is 16.5. The smallest absolute Gasteiger partial charge is 0.318 e. The Bertz CT molecular complexity index is 1290. The first-order chi connectivity index (χ1) is 19.9. The van der Waals surface area contributed by atoms with E-state index in [-0.39, 0.29) is 24.5 Å². The number of ether oxygens (including phenoxy) is 2. The molecule has 0 spiro atoms. The average molecular weight is 561 g/mol. The van der Waals surface area contributed by atoms with Crippen LogP contribution in [-0.4, -0.2) is 85.4 Å². The third kappa shape index (κ3) is 7.45. The summed E-state index contributed by atoms with van der Waals surface area (Å²) in [7, 11) is 3.23. The van der Waals surface area contributed by atoms with Crippen LogP contribution < -0.4 is 19.7 Å². The molecule has 1 fully saturated rings. The van der Waals surface area contributed by atoms with Gasteiger partial charge in [-0.2, -0.15) is 0 Å². The Kier molecular flexibility index (Phi) is 10.4. The molecule has 1 aliphatic rings. The maximum Gasteiger partial charge on any atom is 0.318 e. The summed E-state index contributed by atoms with van der Waals surface area (Å²) in [5.74, 6) is 2.07. The Labute approximate surface area is 242 Å². The molecule has 41 heavy (non-hydrogen) atoms. The van der Waals surface area contributed by atoms with Crippen molar-refractivity contribution in [1.82, 2.24) is 25.3 Å². The molecule has 1 aliphatic heterocycles. The molecule has 4 rings (SSSR count). The molecule has 10 heteroatoms. The number of methoxy groups -OCH3 is 2. The minimum Gasteiger partial charge on any atom is -0.497 e. The number of urea groups is 1. The van der Waals surface area contributed by atoms with Crippen molar-refractivity contribution in [2.75, 3.05) is 58.4 Å². The summed E-state index contributed by atoms with van der Waals surface area (Å²) in [5, 5.41) is 11.9. The number of amides is 3. The Hall–Kier alpha value is -4.34. The molecule has 218 valence electrons. The SMILES string of the molecule is CCCNC(=O)N(CC(=O)N1CCCN(c2ccc(-c3ccc(OC)cc3OC)nn2)CC1)C(C)c1ccccc1. The van der Waals surface area contributed by atoms with E-state index < -0.39 is 0 Å². The summed E-state index contributed by atoms with van der Waals surface area (Å²) in [4.78, 5) is 32.1. The van der Waals surface area contributed by atoms with Crippen LogP contribution in [0, 0.1) is 0 Å². The number of carbonyl (C=O) groups excluding carboxylic acids is 2. The van der Waals surface area contributed by atoms with Gasteiger partial charge in [-0.25, -0.2) is 4.79 Å². The molecule has 0 saturated carbocycles. The van der Waals surface area contributed by atoms with Crippen LogP contribution >= 0.6 is 0 Å². The van der Waals surface area contributed by atoms with E-state index in [4.69, 9.17) is 9.47 Å². The van der Waals surface area contributed by atoms with Gasteiger partial charge in [0.2, 0.25) is 5.91 Å². The lowest BCUT2D eigenvalue weighted by molar-refractivity contribution is -0.132. The fourth-order valence-electron chi connectivity index (χ4n) is 4.92. The van der Waals surface area contributed by atoms with Crippen LogP contribution in [0.4, 0.5) is 10.6 Å². The van der Waals surface area contributed by atoms with Crippen LogP contribution in [-0.2, 0) is 4.79 Å². The molecule has 0 bridgehead atoms. The summed E-state index contributed by atoms with van der Waals surface area (Å²) in [6.45, 7) is 7.09. The summed E-state index contributed by atoms with van der Waals surface area (Å²) in [5.41, 5.74) is 2.52. The average Bonchev–Trinajstić information content (AvgIpc) is 3.29. The van der Waals surface area contributed by atoms with Crippen molar-refractivity contribution in [2.45, 2.75) is 32.7 Å². The molecule has 1 unspecified atom stereocenters. The number of anilines is 1. The van der Waals surface area contributed by atoms with E-state index >= 15 is 0 Å². The minimum atomic E-state index is -0.237. The number of hydrogen-bond acceptors (Lipinski definition) is 7. The first kappa shape index (κ1) is 29.6. The van der Waals surface area contributed by atoms with E-state index in [9.17, 15) is 9.59 Å². The third-order valence-electron chi connectivity index (χ3n) is 7.35. The molecular weight excluding hydrogens is 520 g/mol. The molecule has 2 heterocycles. The van der Waals surface area contributed by atoms with Gasteiger partial charge in [0.05, 0.1) is 26.0 Å². The van der Waals surface area contributed by atoms with Crippen molar-refractivity contribution in [3.63, 3.8) is 0 Å². The zero-order chi connectivity index (χ0) is 29.2. The largest absolute Gasteiger partial charge is 0.497 e. The number of rotatable bonds is 10. The van der Waals surface area contributed by atoms with Crippen molar-refractivity contribution >= 4 is 17.8 Å². The van der Waals surface area contributed by atoms with Crippen LogP contribution in [0.1, 0.15) is 38.3 Å². The number of aromatic nitrogens is 2. The Morgan fingerprint density at radius 2 is 1.78 bits per heavy atom. The highest BCUT2D eigenvalue weighted by molar-refractivity contribution is 5.84. The van der Waals surface area contributed by atoms with Crippen LogP contribution in [0.5, 0.6) is 11.5 Å². The molecule has 3 amide bonds. The minimum absolute atomic E-state index is 0.0177. The number of nitrogens with zero attached hydrogens (tertiary/aromatic N) is 5. The van der Waals surface area contributed by atoms with Crippen molar-refractivity contribution in [3.05, 3.63) is 66.2 Å². The van der Waals surface area contributed by atoms with Gasteiger partial charge in [-0.1, -0.05) is 37.3 Å². The predicted octanol–water partition coefficient (Wildman–Crippen LogP) is 4.38. The van der Waals surface area contributed by atoms with E-state index in [2.05, 4.69) is 20.4 Å². The maximum atomic E-state index is 13.5. The second-order valence-electron chi connectivity index (χ2n) is 10.0. The highest BCUT2D eigenvalue weighted by Crippen LogP contribution is 2.32. The fraction of sp³-hybridized carbons (Fsp3) is 0.419. The Balaban J connectivity index is 1.41. The quantitative estimate of drug-likeness (QED) is 0.393. The van der Waals surface area contributed by atoms with Crippen LogP contribution in [0.3, 0.4) is 0 Å². The molecule has 3 aromatic rings. The van der Waals surface area contributed by atoms with Gasteiger partial charge in [0, 0.05) is 44.4 Å². The van der Waals surface area contributed by atoms with Crippen LogP contribution in [0.25, 0.3) is 11.3 Å². The lowest BCUT2D eigenvalue weighted by atomic mass is 10.1. The second kappa shape index (κ2) is 14.3. The van der Waals surface area contributed by atoms with Gasteiger partial charge in [0.25, 0.3) is 0 Å². The topological polar surface area (TPSA) is 100 Å². The standard InChI is InChI=1S/C31H40N6O4/c1-5-16-32-31(39)37(23(2)24-10-7-6-8-11-24)22-30(38)36-18-9-17-35(19-20-36)29-15-14-27(33-34-29)26-13-12-25(40-3)21-28(26)41-4/h6-8,10-15,21,23H,5,9,16-20,22H2,1-4H3,(H,32,39). The van der Waals surface area contributed by atoms with Gasteiger partial charge in [-0.05, 0) is 49.6 Å². The molecule has 0 aliphatic carbocycles. The molecule has 1 saturated heterocycles. The molecular formula is C31H40N6O4. The van der Waals surface area contributed by atoms with Gasteiger partial charge >= 0.3 is 6.03 Å². The monoisotopic (exact) mass is 560 g/mol. The van der Waals surface area contributed by atoms with Gasteiger partial charge in [-0.3, -0.25) is 4.79 Å². The second-order valence-corrected chi connectivity index (χ2v) is 10.0. The zero-order valence-corrected chi connectivity index (χ0v) is 24.4. The first-order valence-electron chi connectivity index (χ1n) is 14.1. The number of carbonyl (C=O) groups is 2. The van der Waals surface area contributed by atoms with Crippen LogP contribution in [0.2, 0.25) is 0 Å². The number of nitrogens with one attached hydrogen (secondary N) is 1. The lowest BCUT2D eigenvalue weighted by Crippen LogP contribution is -2.48. The van der Waals surface area contributed by atoms with E-state index in [0.717, 1.165) is 36.3 Å². The molecule has 2 aromatic carbocycles. The Morgan fingerprint density at radius 3 is 2.46 bits per heavy atom. The van der Waals surface area contributed by atoms with Crippen molar-refractivity contribution in [2.24, 2.45) is 0 Å². The van der Waals surface area contributed by atoms with E-state index in [1.165, 1.54) is 0 Å². The molecule has 1 atom stereocenters. The van der Waals surface area contributed by atoms with Crippen molar-refractivity contribution in [1.29, 1.82) is 0 Å². The first-order valence-corrected chi connectivity index (χ1v) is 14.1. The highest BCUT2D eigenvalue weighted by Gasteiger charge is 2.27. The normalized spacial score (nSPS) is 14.1. The van der Waals surface area contributed by atoms with Gasteiger partial charge in [0.1, 0.15) is 18.0 Å². The molecule has 0 radical (unpaired) electrons. The summed E-state index contributed by atoms with van der Waals surface area (Å²) in [6, 6.07) is 18.8. The summed E-state index contributed by atoms with van der Waals surface area (Å²) >= 11 is 0. The lowest BCUT2D eigenvalue weighted by Gasteiger charge is -2.31.